The molecule has 0 unspecified atom stereocenters. The van der Waals surface area contributed by atoms with Crippen LogP contribution in [0.3, 0.4) is 0 Å². The van der Waals surface area contributed by atoms with Gasteiger partial charge >= 0.3 is 0 Å². The van der Waals surface area contributed by atoms with Gasteiger partial charge < -0.3 is 16.8 Å². The van der Waals surface area contributed by atoms with Crippen LogP contribution in [-0.2, 0) is 11.2 Å². The van der Waals surface area contributed by atoms with Crippen LogP contribution in [0.25, 0.3) is 11.3 Å². The molecule has 1 amide bonds. The first kappa shape index (κ1) is 18.2. The zero-order chi connectivity index (χ0) is 18.5. The average Bonchev–Trinajstić information content (AvgIpc) is 3.08. The Kier molecular flexibility index (Phi) is 5.69. The molecule has 0 atom stereocenters. The summed E-state index contributed by atoms with van der Waals surface area (Å²) < 4.78 is 0. The minimum Gasteiger partial charge on any atom is -0.383 e. The number of carbonyl (C=O) groups is 1. The molecule has 2 aromatic heterocycles. The highest BCUT2D eigenvalue weighted by Gasteiger charge is 2.10. The van der Waals surface area contributed by atoms with Gasteiger partial charge in [0.2, 0.25) is 5.91 Å². The molecule has 3 rings (SSSR count). The molecule has 2 heterocycles. The fourth-order valence-electron chi connectivity index (χ4n) is 2.19. The zero-order valence-electron chi connectivity index (χ0n) is 14.1. The van der Waals surface area contributed by atoms with E-state index in [1.54, 1.807) is 0 Å². The number of thiazole rings is 1. The van der Waals surface area contributed by atoms with Crippen molar-refractivity contribution in [3.8, 4) is 11.3 Å². The quantitative estimate of drug-likeness (QED) is 0.440. The van der Waals surface area contributed by atoms with Gasteiger partial charge in [-0.3, -0.25) is 4.79 Å². The fraction of sp³-hybridized carbons (Fsp3) is 0.176. The number of rotatable bonds is 6. The Balaban J connectivity index is 1.58. The van der Waals surface area contributed by atoms with E-state index in [0.717, 1.165) is 17.7 Å². The molecule has 9 heteroatoms. The molecule has 0 fully saturated rings. The summed E-state index contributed by atoms with van der Waals surface area (Å²) in [5, 5.41) is 5.63. The van der Waals surface area contributed by atoms with Crippen LogP contribution in [0.15, 0.2) is 40.9 Å². The van der Waals surface area contributed by atoms with Crippen molar-refractivity contribution in [1.29, 1.82) is 0 Å². The van der Waals surface area contributed by atoms with Gasteiger partial charge in [0.05, 0.1) is 11.4 Å². The van der Waals surface area contributed by atoms with E-state index < -0.39 is 0 Å². The molecule has 7 nitrogen and oxygen atoms in total. The third-order valence-electron chi connectivity index (χ3n) is 3.49. The molecule has 134 valence electrons. The number of nitrogens with two attached hydrogens (primary N) is 2. The number of nitrogens with zero attached hydrogens (tertiary/aromatic N) is 3. The number of nitrogens with one attached hydrogen (secondary N) is 1. The SMILES string of the molecule is CCc1ccc(-c2csc(NC(=O)CSc3nc(N)cc(N)n3)n2)cc1. The molecule has 0 bridgehead atoms. The maximum absolute atomic E-state index is 12.1. The second-order valence-electron chi connectivity index (χ2n) is 5.43. The lowest BCUT2D eigenvalue weighted by molar-refractivity contribution is -0.113. The topological polar surface area (TPSA) is 120 Å². The number of aryl methyl sites for hydroxylation is 1. The Labute approximate surface area is 159 Å². The third kappa shape index (κ3) is 4.70. The molecular formula is C17H18N6OS2. The second-order valence-corrected chi connectivity index (χ2v) is 7.23. The van der Waals surface area contributed by atoms with Crippen LogP contribution in [-0.4, -0.2) is 26.6 Å². The lowest BCUT2D eigenvalue weighted by Gasteiger charge is -2.03. The van der Waals surface area contributed by atoms with Gasteiger partial charge in [0.1, 0.15) is 11.6 Å². The Morgan fingerprint density at radius 1 is 1.15 bits per heavy atom. The monoisotopic (exact) mass is 386 g/mol. The molecule has 0 saturated carbocycles. The van der Waals surface area contributed by atoms with E-state index in [4.69, 9.17) is 11.5 Å². The minimum absolute atomic E-state index is 0.142. The first-order chi connectivity index (χ1) is 12.5. The molecule has 0 aliphatic rings. The Morgan fingerprint density at radius 2 is 1.85 bits per heavy atom. The number of carbonyl (C=O) groups excluding carboxylic acids is 1. The lowest BCUT2D eigenvalue weighted by Crippen LogP contribution is -2.14. The first-order valence-electron chi connectivity index (χ1n) is 7.91. The van der Waals surface area contributed by atoms with E-state index in [-0.39, 0.29) is 23.3 Å². The normalized spacial score (nSPS) is 10.7. The molecule has 0 aliphatic carbocycles. The maximum Gasteiger partial charge on any atom is 0.236 e. The van der Waals surface area contributed by atoms with Crippen molar-refractivity contribution in [1.82, 2.24) is 15.0 Å². The maximum atomic E-state index is 12.1. The molecule has 26 heavy (non-hydrogen) atoms. The van der Waals surface area contributed by atoms with Gasteiger partial charge in [-0.15, -0.1) is 11.3 Å². The van der Waals surface area contributed by atoms with E-state index in [0.29, 0.717) is 10.3 Å². The number of benzene rings is 1. The highest BCUT2D eigenvalue weighted by Crippen LogP contribution is 2.25. The van der Waals surface area contributed by atoms with Gasteiger partial charge in [0.25, 0.3) is 0 Å². The third-order valence-corrected chi connectivity index (χ3v) is 5.09. The average molecular weight is 387 g/mol. The Hall–Kier alpha value is -2.65. The van der Waals surface area contributed by atoms with Gasteiger partial charge in [-0.05, 0) is 12.0 Å². The van der Waals surface area contributed by atoms with Crippen LogP contribution in [0.2, 0.25) is 0 Å². The molecule has 0 saturated heterocycles. The van der Waals surface area contributed by atoms with Crippen molar-refractivity contribution in [2.24, 2.45) is 0 Å². The Morgan fingerprint density at radius 3 is 2.50 bits per heavy atom. The molecule has 3 aromatic rings. The zero-order valence-corrected chi connectivity index (χ0v) is 15.7. The van der Waals surface area contributed by atoms with Crippen LogP contribution < -0.4 is 16.8 Å². The highest BCUT2D eigenvalue weighted by atomic mass is 32.2. The summed E-state index contributed by atoms with van der Waals surface area (Å²) in [6.07, 6.45) is 0.999. The van der Waals surface area contributed by atoms with Gasteiger partial charge in [-0.25, -0.2) is 15.0 Å². The summed E-state index contributed by atoms with van der Waals surface area (Å²) in [6, 6.07) is 9.71. The van der Waals surface area contributed by atoms with Crippen molar-refractivity contribution in [2.45, 2.75) is 18.5 Å². The summed E-state index contributed by atoms with van der Waals surface area (Å²) in [4.78, 5) is 24.6. The van der Waals surface area contributed by atoms with Crippen LogP contribution >= 0.6 is 23.1 Å². The largest absolute Gasteiger partial charge is 0.383 e. The molecular weight excluding hydrogens is 368 g/mol. The second kappa shape index (κ2) is 8.15. The number of aromatic nitrogens is 3. The predicted molar refractivity (Wildman–Crippen MR) is 107 cm³/mol. The fourth-order valence-corrected chi connectivity index (χ4v) is 3.60. The summed E-state index contributed by atoms with van der Waals surface area (Å²) >= 11 is 2.55. The number of hydrogen-bond acceptors (Lipinski definition) is 8. The van der Waals surface area contributed by atoms with Crippen LogP contribution in [0.1, 0.15) is 12.5 Å². The highest BCUT2D eigenvalue weighted by molar-refractivity contribution is 7.99. The van der Waals surface area contributed by atoms with Gasteiger partial charge in [0, 0.05) is 17.0 Å². The van der Waals surface area contributed by atoms with E-state index in [9.17, 15) is 4.79 Å². The molecule has 0 radical (unpaired) electrons. The van der Waals surface area contributed by atoms with E-state index in [2.05, 4.69) is 39.3 Å². The van der Waals surface area contributed by atoms with Crippen LogP contribution in [0.4, 0.5) is 16.8 Å². The number of hydrogen-bond donors (Lipinski definition) is 3. The van der Waals surface area contributed by atoms with Crippen molar-refractivity contribution in [3.05, 3.63) is 41.3 Å². The summed E-state index contributed by atoms with van der Waals surface area (Å²) in [5.74, 6) is 0.503. The molecule has 0 aliphatic heterocycles. The smallest absolute Gasteiger partial charge is 0.236 e. The first-order valence-corrected chi connectivity index (χ1v) is 9.77. The molecule has 0 spiro atoms. The standard InChI is InChI=1S/C17H18N6OS2/c1-2-10-3-5-11(6-4-10)12-8-25-16(20-12)23-15(24)9-26-17-21-13(18)7-14(19)22-17/h3-8H,2,9H2,1H3,(H,20,23,24)(H4,18,19,21,22). The predicted octanol–water partition coefficient (Wildman–Crippen LogP) is 3.06. The van der Waals surface area contributed by atoms with Crippen molar-refractivity contribution < 1.29 is 4.79 Å². The van der Waals surface area contributed by atoms with Crippen LogP contribution in [0.5, 0.6) is 0 Å². The Bertz CT molecular complexity index is 890. The van der Waals surface area contributed by atoms with Gasteiger partial charge in [-0.2, -0.15) is 0 Å². The summed E-state index contributed by atoms with van der Waals surface area (Å²) in [5.41, 5.74) is 14.4. The number of thioether (sulfide) groups is 1. The van der Waals surface area contributed by atoms with E-state index in [1.165, 1.54) is 34.7 Å². The number of nitrogen functional groups attached to an aromatic ring is 2. The molecule has 1 aromatic carbocycles. The van der Waals surface area contributed by atoms with Gasteiger partial charge in [0.15, 0.2) is 10.3 Å². The van der Waals surface area contributed by atoms with E-state index in [1.807, 2.05) is 17.5 Å². The van der Waals surface area contributed by atoms with Crippen LogP contribution in [0, 0.1) is 0 Å². The van der Waals surface area contributed by atoms with E-state index >= 15 is 0 Å². The van der Waals surface area contributed by atoms with Gasteiger partial charge in [-0.1, -0.05) is 43.0 Å². The van der Waals surface area contributed by atoms with Crippen molar-refractivity contribution in [3.63, 3.8) is 0 Å². The minimum atomic E-state index is -0.193. The number of amides is 1. The van der Waals surface area contributed by atoms with Crippen molar-refractivity contribution >= 4 is 45.8 Å². The summed E-state index contributed by atoms with van der Waals surface area (Å²) in [7, 11) is 0. The van der Waals surface area contributed by atoms with Crippen molar-refractivity contribution in [2.75, 3.05) is 22.5 Å². The number of anilines is 3. The molecule has 5 N–H and O–H groups in total. The summed E-state index contributed by atoms with van der Waals surface area (Å²) in [6.45, 7) is 2.12. The lowest BCUT2D eigenvalue weighted by atomic mass is 10.1.